The first-order chi connectivity index (χ1) is 6.81. The van der Waals surface area contributed by atoms with Crippen LogP contribution >= 0.6 is 0 Å². The van der Waals surface area contributed by atoms with Gasteiger partial charge in [0.1, 0.15) is 11.6 Å². The van der Waals surface area contributed by atoms with Crippen molar-refractivity contribution < 1.29 is 4.79 Å². The summed E-state index contributed by atoms with van der Waals surface area (Å²) in [7, 11) is 0. The maximum atomic E-state index is 11.1. The summed E-state index contributed by atoms with van der Waals surface area (Å²) in [5, 5.41) is 0. The Morgan fingerprint density at radius 1 is 1.50 bits per heavy atom. The smallest absolute Gasteiger partial charge is 0.132 e. The van der Waals surface area contributed by atoms with Crippen molar-refractivity contribution in [1.29, 1.82) is 0 Å². The second-order valence-electron chi connectivity index (χ2n) is 3.88. The van der Waals surface area contributed by atoms with Crippen LogP contribution < -0.4 is 0 Å². The number of nitrogens with zero attached hydrogens (tertiary/aromatic N) is 2. The predicted molar refractivity (Wildman–Crippen MR) is 54.1 cm³/mol. The second kappa shape index (κ2) is 3.95. The van der Waals surface area contributed by atoms with Crippen LogP contribution in [0.4, 0.5) is 0 Å². The van der Waals surface area contributed by atoms with Crippen molar-refractivity contribution in [2.45, 2.75) is 45.1 Å². The van der Waals surface area contributed by atoms with Crippen LogP contribution in [0.25, 0.3) is 0 Å². The number of imidazole rings is 1. The van der Waals surface area contributed by atoms with Gasteiger partial charge in [0.25, 0.3) is 0 Å². The first-order valence-electron chi connectivity index (χ1n) is 5.34. The number of aromatic nitrogens is 2. The quantitative estimate of drug-likeness (QED) is 0.719. The Bertz CT molecular complexity index is 320. The van der Waals surface area contributed by atoms with E-state index in [4.69, 9.17) is 0 Å². The van der Waals surface area contributed by atoms with Crippen molar-refractivity contribution in [1.82, 2.24) is 9.55 Å². The van der Waals surface area contributed by atoms with Crippen molar-refractivity contribution in [3.63, 3.8) is 0 Å². The molecule has 1 heterocycles. The Balaban J connectivity index is 2.11. The van der Waals surface area contributed by atoms with E-state index in [0.717, 1.165) is 32.2 Å². The van der Waals surface area contributed by atoms with Crippen LogP contribution in [0, 0.1) is 0 Å². The van der Waals surface area contributed by atoms with Gasteiger partial charge in [-0.15, -0.1) is 0 Å². The minimum absolute atomic E-state index is 0.413. The molecular formula is C11H16N2O. The summed E-state index contributed by atoms with van der Waals surface area (Å²) >= 11 is 0. The molecule has 0 amide bonds. The lowest BCUT2D eigenvalue weighted by molar-refractivity contribution is -0.120. The van der Waals surface area contributed by atoms with Gasteiger partial charge >= 0.3 is 0 Å². The lowest BCUT2D eigenvalue weighted by Gasteiger charge is -2.20. The van der Waals surface area contributed by atoms with Gasteiger partial charge in [-0.25, -0.2) is 4.98 Å². The molecule has 1 aliphatic rings. The molecule has 3 nitrogen and oxygen atoms in total. The number of hydrogen-bond donors (Lipinski definition) is 0. The van der Waals surface area contributed by atoms with Crippen LogP contribution in [-0.4, -0.2) is 15.3 Å². The molecule has 1 aliphatic carbocycles. The third-order valence-corrected chi connectivity index (χ3v) is 3.00. The monoisotopic (exact) mass is 192 g/mol. The molecule has 0 atom stereocenters. The summed E-state index contributed by atoms with van der Waals surface area (Å²) in [6.07, 6.45) is 7.31. The van der Waals surface area contributed by atoms with E-state index in [-0.39, 0.29) is 0 Å². The average molecular weight is 192 g/mol. The molecule has 14 heavy (non-hydrogen) atoms. The Labute approximate surface area is 84.1 Å². The van der Waals surface area contributed by atoms with Gasteiger partial charge in [0.2, 0.25) is 0 Å². The molecule has 1 aromatic heterocycles. The minimum Gasteiger partial charge on any atom is -0.335 e. The van der Waals surface area contributed by atoms with Crippen LogP contribution in [0.2, 0.25) is 0 Å². The van der Waals surface area contributed by atoms with Crippen molar-refractivity contribution in [3.05, 3.63) is 18.2 Å². The van der Waals surface area contributed by atoms with Gasteiger partial charge in [-0.3, -0.25) is 4.79 Å². The summed E-state index contributed by atoms with van der Waals surface area (Å²) in [6, 6.07) is 0. The lowest BCUT2D eigenvalue weighted by atomic mass is 9.88. The molecule has 0 radical (unpaired) electrons. The first-order valence-corrected chi connectivity index (χ1v) is 5.34. The number of carbonyl (C=O) groups is 1. The Morgan fingerprint density at radius 3 is 2.86 bits per heavy atom. The van der Waals surface area contributed by atoms with Crippen LogP contribution in [0.1, 0.15) is 44.3 Å². The van der Waals surface area contributed by atoms with Gasteiger partial charge in [-0.1, -0.05) is 0 Å². The third kappa shape index (κ3) is 1.72. The van der Waals surface area contributed by atoms with Gasteiger partial charge in [-0.2, -0.15) is 0 Å². The van der Waals surface area contributed by atoms with Gasteiger partial charge in [0.15, 0.2) is 0 Å². The lowest BCUT2D eigenvalue weighted by Crippen LogP contribution is -2.16. The van der Waals surface area contributed by atoms with Crippen LogP contribution in [0.3, 0.4) is 0 Å². The van der Waals surface area contributed by atoms with E-state index in [1.54, 1.807) is 0 Å². The maximum Gasteiger partial charge on any atom is 0.132 e. The topological polar surface area (TPSA) is 34.9 Å². The molecule has 1 saturated carbocycles. The van der Waals surface area contributed by atoms with E-state index >= 15 is 0 Å². The van der Waals surface area contributed by atoms with Crippen molar-refractivity contribution >= 4 is 5.78 Å². The van der Waals surface area contributed by atoms with Gasteiger partial charge < -0.3 is 4.57 Å². The van der Waals surface area contributed by atoms with E-state index in [9.17, 15) is 4.79 Å². The zero-order valence-corrected chi connectivity index (χ0v) is 8.57. The number of aryl methyl sites for hydroxylation is 1. The molecule has 0 bridgehead atoms. The van der Waals surface area contributed by atoms with Crippen LogP contribution in [0.5, 0.6) is 0 Å². The van der Waals surface area contributed by atoms with E-state index in [0.29, 0.717) is 11.7 Å². The fourth-order valence-corrected chi connectivity index (χ4v) is 2.15. The molecule has 3 heteroatoms. The molecule has 1 aromatic rings. The molecule has 0 aromatic carbocycles. The van der Waals surface area contributed by atoms with Gasteiger partial charge in [0, 0.05) is 37.7 Å². The summed E-state index contributed by atoms with van der Waals surface area (Å²) in [5.74, 6) is 2.08. The standard InChI is InChI=1S/C11H16N2O/c1-2-13-8-7-12-11(13)9-3-5-10(14)6-4-9/h7-9H,2-6H2,1H3. The highest BCUT2D eigenvalue weighted by Gasteiger charge is 2.22. The highest BCUT2D eigenvalue weighted by molar-refractivity contribution is 5.79. The molecule has 0 saturated heterocycles. The summed E-state index contributed by atoms with van der Waals surface area (Å²) in [4.78, 5) is 15.5. The fraction of sp³-hybridized carbons (Fsp3) is 0.636. The van der Waals surface area contributed by atoms with Crippen LogP contribution in [0.15, 0.2) is 12.4 Å². The largest absolute Gasteiger partial charge is 0.335 e. The van der Waals surface area contributed by atoms with E-state index < -0.39 is 0 Å². The SMILES string of the molecule is CCn1ccnc1C1CCC(=O)CC1. The number of rotatable bonds is 2. The highest BCUT2D eigenvalue weighted by Crippen LogP contribution is 2.29. The summed E-state index contributed by atoms with van der Waals surface area (Å²) in [5.41, 5.74) is 0. The van der Waals surface area contributed by atoms with E-state index in [2.05, 4.69) is 16.5 Å². The van der Waals surface area contributed by atoms with Crippen molar-refractivity contribution in [2.24, 2.45) is 0 Å². The number of ketones is 1. The van der Waals surface area contributed by atoms with Gasteiger partial charge in [0.05, 0.1) is 0 Å². The zero-order valence-electron chi connectivity index (χ0n) is 8.57. The highest BCUT2D eigenvalue weighted by atomic mass is 16.1. The number of Topliss-reactive ketones (excluding diaryl/α,β-unsaturated/α-hetero) is 1. The predicted octanol–water partition coefficient (Wildman–Crippen LogP) is 2.13. The van der Waals surface area contributed by atoms with Crippen molar-refractivity contribution in [3.8, 4) is 0 Å². The molecule has 1 fully saturated rings. The van der Waals surface area contributed by atoms with E-state index in [1.807, 2.05) is 12.4 Å². The molecule has 76 valence electrons. The first kappa shape index (κ1) is 9.44. The number of hydrogen-bond acceptors (Lipinski definition) is 2. The normalized spacial score (nSPS) is 18.8. The van der Waals surface area contributed by atoms with E-state index in [1.165, 1.54) is 5.82 Å². The fourth-order valence-electron chi connectivity index (χ4n) is 2.15. The Morgan fingerprint density at radius 2 is 2.21 bits per heavy atom. The number of carbonyl (C=O) groups excluding carboxylic acids is 1. The zero-order chi connectivity index (χ0) is 9.97. The van der Waals surface area contributed by atoms with Gasteiger partial charge in [-0.05, 0) is 19.8 Å². The third-order valence-electron chi connectivity index (χ3n) is 3.00. The van der Waals surface area contributed by atoms with Crippen LogP contribution in [-0.2, 0) is 11.3 Å². The molecule has 2 rings (SSSR count). The Kier molecular flexibility index (Phi) is 2.66. The molecular weight excluding hydrogens is 176 g/mol. The maximum absolute atomic E-state index is 11.1. The summed E-state index contributed by atoms with van der Waals surface area (Å²) in [6.45, 7) is 3.10. The minimum atomic E-state index is 0.413. The Hall–Kier alpha value is -1.12. The second-order valence-corrected chi connectivity index (χ2v) is 3.88. The average Bonchev–Trinajstić information content (AvgIpc) is 2.67. The van der Waals surface area contributed by atoms with Crippen molar-refractivity contribution in [2.75, 3.05) is 0 Å². The molecule has 0 aliphatic heterocycles. The molecule has 0 unspecified atom stereocenters. The molecule has 0 N–H and O–H groups in total. The molecule has 0 spiro atoms. The summed E-state index contributed by atoms with van der Waals surface area (Å²) < 4.78 is 2.18.